The number of thiazole rings is 1. The zero-order valence-electron chi connectivity index (χ0n) is 13.6. The largest absolute Gasteiger partial charge is 0.336 e. The number of nitrogens with zero attached hydrogens (tertiary/aromatic N) is 3. The van der Waals surface area contributed by atoms with Crippen LogP contribution in [-0.4, -0.2) is 53.4 Å². The highest BCUT2D eigenvalue weighted by atomic mass is 32.1. The molecule has 0 radical (unpaired) electrons. The van der Waals surface area contributed by atoms with Crippen molar-refractivity contribution in [2.45, 2.75) is 18.9 Å². The highest BCUT2D eigenvalue weighted by Crippen LogP contribution is 2.31. The number of piperidine rings is 3. The monoisotopic (exact) mass is 345 g/mol. The molecule has 1 aromatic heterocycles. The minimum atomic E-state index is -0.270. The summed E-state index contributed by atoms with van der Waals surface area (Å²) in [5, 5.41) is 2.56. The van der Waals surface area contributed by atoms with E-state index in [9.17, 15) is 9.18 Å². The van der Waals surface area contributed by atoms with Crippen LogP contribution in [0.25, 0.3) is 10.6 Å². The fourth-order valence-electron chi connectivity index (χ4n) is 3.80. The standard InChI is InChI=1S/C18H20FN3OS/c1-21(16-10-22-8-6-12(16)7-9-22)18(23)15-11-24-17(20-15)13-2-4-14(19)5-3-13/h2-5,11-12,16H,6-10H2,1H3/t16-/m0/s1. The van der Waals surface area contributed by atoms with Crippen molar-refractivity contribution in [1.82, 2.24) is 14.8 Å². The molecule has 0 N–H and O–H groups in total. The van der Waals surface area contributed by atoms with Gasteiger partial charge in [-0.15, -0.1) is 11.3 Å². The molecule has 1 atom stereocenters. The molecular weight excluding hydrogens is 325 g/mol. The van der Waals surface area contributed by atoms with E-state index in [4.69, 9.17) is 0 Å². The van der Waals surface area contributed by atoms with Crippen LogP contribution in [0.5, 0.6) is 0 Å². The predicted molar refractivity (Wildman–Crippen MR) is 92.6 cm³/mol. The zero-order valence-corrected chi connectivity index (χ0v) is 14.4. The van der Waals surface area contributed by atoms with Gasteiger partial charge in [-0.05, 0) is 56.1 Å². The Hall–Kier alpha value is -1.79. The second-order valence-electron chi connectivity index (χ2n) is 6.67. The lowest BCUT2D eigenvalue weighted by molar-refractivity contribution is 0.0159. The Labute approximate surface area is 144 Å². The predicted octanol–water partition coefficient (Wildman–Crippen LogP) is 3.12. The van der Waals surface area contributed by atoms with E-state index in [-0.39, 0.29) is 17.8 Å². The summed E-state index contributed by atoms with van der Waals surface area (Å²) in [5.74, 6) is 0.325. The molecule has 4 nitrogen and oxygen atoms in total. The Kier molecular flexibility index (Phi) is 4.10. The molecule has 3 aliphatic rings. The third-order valence-electron chi connectivity index (χ3n) is 5.25. The lowest BCUT2D eigenvalue weighted by Crippen LogP contribution is -2.57. The Bertz CT molecular complexity index is 737. The second kappa shape index (κ2) is 6.26. The van der Waals surface area contributed by atoms with Crippen molar-refractivity contribution in [3.63, 3.8) is 0 Å². The van der Waals surface area contributed by atoms with E-state index in [2.05, 4.69) is 9.88 Å². The Balaban J connectivity index is 1.51. The summed E-state index contributed by atoms with van der Waals surface area (Å²) in [6.07, 6.45) is 2.36. The average Bonchev–Trinajstić information content (AvgIpc) is 3.12. The van der Waals surface area contributed by atoms with Crippen molar-refractivity contribution in [2.24, 2.45) is 5.92 Å². The van der Waals surface area contributed by atoms with E-state index in [0.717, 1.165) is 30.2 Å². The molecule has 3 fully saturated rings. The summed E-state index contributed by atoms with van der Waals surface area (Å²) in [7, 11) is 1.89. The number of halogens is 1. The highest BCUT2D eigenvalue weighted by molar-refractivity contribution is 7.13. The molecule has 0 spiro atoms. The molecule has 4 heterocycles. The Morgan fingerprint density at radius 2 is 2.00 bits per heavy atom. The first-order valence-electron chi connectivity index (χ1n) is 8.33. The topological polar surface area (TPSA) is 36.4 Å². The highest BCUT2D eigenvalue weighted by Gasteiger charge is 2.38. The van der Waals surface area contributed by atoms with Crippen molar-refractivity contribution in [2.75, 3.05) is 26.7 Å². The third-order valence-corrected chi connectivity index (χ3v) is 6.15. The van der Waals surface area contributed by atoms with Gasteiger partial charge in [0.05, 0.1) is 0 Å². The van der Waals surface area contributed by atoms with Gasteiger partial charge in [-0.1, -0.05) is 0 Å². The van der Waals surface area contributed by atoms with E-state index < -0.39 is 0 Å². The first kappa shape index (κ1) is 15.7. The molecule has 1 amide bonds. The fraction of sp³-hybridized carbons (Fsp3) is 0.444. The number of amides is 1. The third kappa shape index (κ3) is 2.84. The molecule has 2 aromatic rings. The van der Waals surface area contributed by atoms with Gasteiger partial charge in [0.2, 0.25) is 0 Å². The number of hydrogen-bond donors (Lipinski definition) is 0. The lowest BCUT2D eigenvalue weighted by Gasteiger charge is -2.47. The minimum Gasteiger partial charge on any atom is -0.336 e. The van der Waals surface area contributed by atoms with E-state index >= 15 is 0 Å². The van der Waals surface area contributed by atoms with Crippen molar-refractivity contribution in [3.8, 4) is 10.6 Å². The summed E-state index contributed by atoms with van der Waals surface area (Å²) in [6, 6.07) is 6.50. The smallest absolute Gasteiger partial charge is 0.273 e. The summed E-state index contributed by atoms with van der Waals surface area (Å²) in [4.78, 5) is 21.6. The van der Waals surface area contributed by atoms with Gasteiger partial charge in [0.25, 0.3) is 5.91 Å². The van der Waals surface area contributed by atoms with Crippen molar-refractivity contribution in [3.05, 3.63) is 41.2 Å². The first-order valence-corrected chi connectivity index (χ1v) is 9.21. The second-order valence-corrected chi connectivity index (χ2v) is 7.52. The van der Waals surface area contributed by atoms with Gasteiger partial charge in [0, 0.05) is 30.6 Å². The number of carbonyl (C=O) groups is 1. The fourth-order valence-corrected chi connectivity index (χ4v) is 4.60. The summed E-state index contributed by atoms with van der Waals surface area (Å²) in [6.45, 7) is 3.30. The Morgan fingerprint density at radius 3 is 2.62 bits per heavy atom. The van der Waals surface area contributed by atoms with Crippen LogP contribution in [0.4, 0.5) is 4.39 Å². The number of benzene rings is 1. The van der Waals surface area contributed by atoms with Gasteiger partial charge in [-0.2, -0.15) is 0 Å². The van der Waals surface area contributed by atoms with Crippen molar-refractivity contribution < 1.29 is 9.18 Å². The molecule has 1 aromatic carbocycles. The average molecular weight is 345 g/mol. The van der Waals surface area contributed by atoms with Crippen LogP contribution in [0, 0.1) is 11.7 Å². The first-order chi connectivity index (χ1) is 11.6. The molecule has 126 valence electrons. The molecule has 0 unspecified atom stereocenters. The number of fused-ring (bicyclic) bond motifs is 3. The number of hydrogen-bond acceptors (Lipinski definition) is 4. The van der Waals surface area contributed by atoms with Crippen LogP contribution in [0.15, 0.2) is 29.6 Å². The van der Waals surface area contributed by atoms with Gasteiger partial charge < -0.3 is 9.80 Å². The van der Waals surface area contributed by atoms with Crippen LogP contribution in [0.3, 0.4) is 0 Å². The van der Waals surface area contributed by atoms with Gasteiger partial charge >= 0.3 is 0 Å². The quantitative estimate of drug-likeness (QED) is 0.858. The summed E-state index contributed by atoms with van der Waals surface area (Å²) in [5.41, 5.74) is 1.32. The van der Waals surface area contributed by atoms with Crippen molar-refractivity contribution >= 4 is 17.2 Å². The molecule has 3 aliphatic heterocycles. The van der Waals surface area contributed by atoms with Crippen LogP contribution in [0.1, 0.15) is 23.3 Å². The molecule has 3 saturated heterocycles. The maximum Gasteiger partial charge on any atom is 0.273 e. The summed E-state index contributed by atoms with van der Waals surface area (Å²) >= 11 is 1.42. The maximum absolute atomic E-state index is 13.0. The van der Waals surface area contributed by atoms with E-state index in [1.54, 1.807) is 17.5 Å². The zero-order chi connectivity index (χ0) is 16.7. The minimum absolute atomic E-state index is 0.0154. The van der Waals surface area contributed by atoms with Crippen LogP contribution in [-0.2, 0) is 0 Å². The van der Waals surface area contributed by atoms with E-state index in [1.807, 2.05) is 11.9 Å². The van der Waals surface area contributed by atoms with Crippen LogP contribution >= 0.6 is 11.3 Å². The molecule has 0 aliphatic carbocycles. The molecule has 24 heavy (non-hydrogen) atoms. The molecule has 2 bridgehead atoms. The molecule has 0 saturated carbocycles. The number of aromatic nitrogens is 1. The lowest BCUT2D eigenvalue weighted by atomic mass is 9.83. The SMILES string of the molecule is CN(C(=O)c1csc(-c2ccc(F)cc2)n1)[C@H]1CN2CCC1CC2. The normalized spacial score (nSPS) is 25.7. The van der Waals surface area contributed by atoms with Gasteiger partial charge in [0.15, 0.2) is 0 Å². The van der Waals surface area contributed by atoms with Crippen molar-refractivity contribution in [1.29, 1.82) is 0 Å². The number of carbonyl (C=O) groups excluding carboxylic acids is 1. The molecule has 6 heteroatoms. The van der Waals surface area contributed by atoms with Crippen LogP contribution in [0.2, 0.25) is 0 Å². The number of rotatable bonds is 3. The van der Waals surface area contributed by atoms with Gasteiger partial charge in [0.1, 0.15) is 16.5 Å². The van der Waals surface area contributed by atoms with Gasteiger partial charge in [-0.3, -0.25) is 4.79 Å². The van der Waals surface area contributed by atoms with Crippen LogP contribution < -0.4 is 0 Å². The Morgan fingerprint density at radius 1 is 1.29 bits per heavy atom. The van der Waals surface area contributed by atoms with Gasteiger partial charge in [-0.25, -0.2) is 9.37 Å². The number of likely N-dealkylation sites (N-methyl/N-ethyl adjacent to an activating group) is 1. The molecule has 5 rings (SSSR count). The van der Waals surface area contributed by atoms with E-state index in [0.29, 0.717) is 11.6 Å². The maximum atomic E-state index is 13.0. The van der Waals surface area contributed by atoms with E-state index in [1.165, 1.54) is 36.3 Å². The summed E-state index contributed by atoms with van der Waals surface area (Å²) < 4.78 is 13.0. The molecular formula is C18H20FN3OS.